The molecule has 1 fully saturated rings. The molecule has 15 heavy (non-hydrogen) atoms. The van der Waals surface area contributed by atoms with Crippen molar-refractivity contribution in [2.45, 2.75) is 12.8 Å². The number of hydrogen-bond donors (Lipinski definition) is 0. The predicted molar refractivity (Wildman–Crippen MR) is 56.1 cm³/mol. The second-order valence-electron chi connectivity index (χ2n) is 4.37. The van der Waals surface area contributed by atoms with Crippen LogP contribution in [0.1, 0.15) is 12.8 Å². The van der Waals surface area contributed by atoms with Gasteiger partial charge in [-0.3, -0.25) is 14.5 Å². The van der Waals surface area contributed by atoms with Crippen molar-refractivity contribution in [1.82, 2.24) is 9.80 Å². The fourth-order valence-corrected chi connectivity index (χ4v) is 2.11. The third-order valence-corrected chi connectivity index (χ3v) is 3.18. The van der Waals surface area contributed by atoms with E-state index >= 15 is 0 Å². The molecular formula is C11H16N2O2. The lowest BCUT2D eigenvalue weighted by Crippen LogP contribution is -2.39. The minimum atomic E-state index is -0.154. The summed E-state index contributed by atoms with van der Waals surface area (Å²) in [5, 5.41) is 0. The fourth-order valence-electron chi connectivity index (χ4n) is 2.11. The molecular weight excluding hydrogens is 192 g/mol. The molecule has 0 aromatic carbocycles. The first-order valence-corrected chi connectivity index (χ1v) is 5.39. The van der Waals surface area contributed by atoms with E-state index < -0.39 is 0 Å². The molecule has 0 radical (unpaired) electrons. The molecule has 0 unspecified atom stereocenters. The van der Waals surface area contributed by atoms with Gasteiger partial charge in [-0.2, -0.15) is 0 Å². The lowest BCUT2D eigenvalue weighted by atomic mass is 9.96. The number of piperidine rings is 1. The van der Waals surface area contributed by atoms with E-state index in [1.807, 2.05) is 0 Å². The maximum atomic E-state index is 11.3. The summed E-state index contributed by atoms with van der Waals surface area (Å²) in [6.45, 7) is 2.72. The van der Waals surface area contributed by atoms with Gasteiger partial charge >= 0.3 is 0 Å². The van der Waals surface area contributed by atoms with Gasteiger partial charge in [0, 0.05) is 18.7 Å². The van der Waals surface area contributed by atoms with E-state index in [2.05, 4.69) is 11.9 Å². The molecule has 2 amide bonds. The monoisotopic (exact) mass is 208 g/mol. The molecule has 82 valence electrons. The first kappa shape index (κ1) is 10.4. The summed E-state index contributed by atoms with van der Waals surface area (Å²) in [6.07, 6.45) is 4.87. The molecule has 0 saturated carbocycles. The molecule has 2 heterocycles. The zero-order valence-corrected chi connectivity index (χ0v) is 8.98. The van der Waals surface area contributed by atoms with Crippen LogP contribution in [0.4, 0.5) is 0 Å². The maximum absolute atomic E-state index is 11.3. The zero-order valence-electron chi connectivity index (χ0n) is 8.98. The fraction of sp³-hybridized carbons (Fsp3) is 0.636. The van der Waals surface area contributed by atoms with Gasteiger partial charge in [0.2, 0.25) is 0 Å². The van der Waals surface area contributed by atoms with Crippen LogP contribution in [0.25, 0.3) is 0 Å². The molecule has 0 aromatic rings. The Labute approximate surface area is 89.5 Å². The SMILES string of the molecule is CN1CCC(CN2C(=O)C=CC2=O)CC1. The maximum Gasteiger partial charge on any atom is 0.253 e. The van der Waals surface area contributed by atoms with Crippen molar-refractivity contribution in [3.8, 4) is 0 Å². The third-order valence-electron chi connectivity index (χ3n) is 3.18. The zero-order chi connectivity index (χ0) is 10.8. The van der Waals surface area contributed by atoms with Gasteiger partial charge in [0.05, 0.1) is 0 Å². The smallest absolute Gasteiger partial charge is 0.253 e. The van der Waals surface area contributed by atoms with Gasteiger partial charge < -0.3 is 4.90 Å². The Morgan fingerprint density at radius 2 is 1.73 bits per heavy atom. The minimum absolute atomic E-state index is 0.154. The number of imide groups is 1. The minimum Gasteiger partial charge on any atom is -0.306 e. The number of likely N-dealkylation sites (tertiary alicyclic amines) is 1. The molecule has 0 aromatic heterocycles. The average molecular weight is 208 g/mol. The number of amides is 2. The van der Waals surface area contributed by atoms with Crippen molar-refractivity contribution in [2.24, 2.45) is 5.92 Å². The Hall–Kier alpha value is -1.16. The number of hydrogen-bond acceptors (Lipinski definition) is 3. The Balaban J connectivity index is 1.87. The topological polar surface area (TPSA) is 40.6 Å². The molecule has 2 rings (SSSR count). The van der Waals surface area contributed by atoms with Crippen molar-refractivity contribution >= 4 is 11.8 Å². The van der Waals surface area contributed by atoms with E-state index in [9.17, 15) is 9.59 Å². The van der Waals surface area contributed by atoms with Crippen LogP contribution in [-0.2, 0) is 9.59 Å². The van der Waals surface area contributed by atoms with Gasteiger partial charge in [-0.15, -0.1) is 0 Å². The lowest BCUT2D eigenvalue weighted by molar-refractivity contribution is -0.137. The van der Waals surface area contributed by atoms with Crippen molar-refractivity contribution in [1.29, 1.82) is 0 Å². The second-order valence-corrected chi connectivity index (χ2v) is 4.37. The lowest BCUT2D eigenvalue weighted by Gasteiger charge is -2.30. The summed E-state index contributed by atoms with van der Waals surface area (Å²) in [7, 11) is 2.10. The molecule has 2 aliphatic rings. The van der Waals surface area contributed by atoms with Gasteiger partial charge in [0.15, 0.2) is 0 Å². The van der Waals surface area contributed by atoms with Crippen LogP contribution in [0.5, 0.6) is 0 Å². The standard InChI is InChI=1S/C11H16N2O2/c1-12-6-4-9(5-7-12)8-13-10(14)2-3-11(13)15/h2-3,9H,4-8H2,1H3. The molecule has 4 heteroatoms. The Morgan fingerprint density at radius 3 is 2.27 bits per heavy atom. The normalized spacial score (nSPS) is 24.2. The van der Waals surface area contributed by atoms with Gasteiger partial charge in [0.1, 0.15) is 0 Å². The van der Waals surface area contributed by atoms with Crippen LogP contribution < -0.4 is 0 Å². The van der Waals surface area contributed by atoms with E-state index in [1.54, 1.807) is 0 Å². The highest BCUT2D eigenvalue weighted by Crippen LogP contribution is 2.18. The van der Waals surface area contributed by atoms with E-state index in [0.717, 1.165) is 25.9 Å². The molecule has 1 saturated heterocycles. The van der Waals surface area contributed by atoms with Crippen LogP contribution >= 0.6 is 0 Å². The largest absolute Gasteiger partial charge is 0.306 e. The summed E-state index contributed by atoms with van der Waals surface area (Å²) in [4.78, 5) is 26.3. The molecule has 0 bridgehead atoms. The van der Waals surface area contributed by atoms with Crippen molar-refractivity contribution in [3.05, 3.63) is 12.2 Å². The quantitative estimate of drug-likeness (QED) is 0.611. The molecule has 0 N–H and O–H groups in total. The van der Waals surface area contributed by atoms with E-state index in [4.69, 9.17) is 0 Å². The van der Waals surface area contributed by atoms with Crippen LogP contribution in [-0.4, -0.2) is 48.3 Å². The Morgan fingerprint density at radius 1 is 1.20 bits per heavy atom. The first-order chi connectivity index (χ1) is 7.16. The van der Waals surface area contributed by atoms with Gasteiger partial charge in [-0.05, 0) is 38.9 Å². The van der Waals surface area contributed by atoms with Crippen LogP contribution in [0.3, 0.4) is 0 Å². The van der Waals surface area contributed by atoms with Crippen LogP contribution in [0, 0.1) is 5.92 Å². The molecule has 0 spiro atoms. The third kappa shape index (κ3) is 2.26. The van der Waals surface area contributed by atoms with Crippen molar-refractivity contribution in [2.75, 3.05) is 26.7 Å². The molecule has 4 nitrogen and oxygen atoms in total. The van der Waals surface area contributed by atoms with Crippen molar-refractivity contribution < 1.29 is 9.59 Å². The van der Waals surface area contributed by atoms with Crippen LogP contribution in [0.2, 0.25) is 0 Å². The summed E-state index contributed by atoms with van der Waals surface area (Å²) in [6, 6.07) is 0. The van der Waals surface area contributed by atoms with Gasteiger partial charge in [-0.1, -0.05) is 0 Å². The molecule has 0 aliphatic carbocycles. The second kappa shape index (κ2) is 4.14. The number of nitrogens with zero attached hydrogens (tertiary/aromatic N) is 2. The number of carbonyl (C=O) groups excluding carboxylic acids is 2. The molecule has 0 atom stereocenters. The average Bonchev–Trinajstić information content (AvgIpc) is 2.53. The number of carbonyl (C=O) groups is 2. The highest BCUT2D eigenvalue weighted by molar-refractivity contribution is 6.12. The highest BCUT2D eigenvalue weighted by Gasteiger charge is 2.27. The summed E-state index contributed by atoms with van der Waals surface area (Å²) >= 11 is 0. The highest BCUT2D eigenvalue weighted by atomic mass is 16.2. The van der Waals surface area contributed by atoms with E-state index in [1.165, 1.54) is 17.1 Å². The van der Waals surface area contributed by atoms with E-state index in [0.29, 0.717) is 12.5 Å². The summed E-state index contributed by atoms with van der Waals surface area (Å²) in [5.74, 6) is 0.173. The van der Waals surface area contributed by atoms with Gasteiger partial charge in [0.25, 0.3) is 11.8 Å². The molecule has 2 aliphatic heterocycles. The predicted octanol–water partition coefficient (Wildman–Crippen LogP) is 0.253. The van der Waals surface area contributed by atoms with Crippen LogP contribution in [0.15, 0.2) is 12.2 Å². The summed E-state index contributed by atoms with van der Waals surface area (Å²) in [5.41, 5.74) is 0. The van der Waals surface area contributed by atoms with Gasteiger partial charge in [-0.25, -0.2) is 0 Å². The Kier molecular flexibility index (Phi) is 2.86. The van der Waals surface area contributed by atoms with Crippen molar-refractivity contribution in [3.63, 3.8) is 0 Å². The Bertz CT molecular complexity index is 286. The first-order valence-electron chi connectivity index (χ1n) is 5.39. The van der Waals surface area contributed by atoms with E-state index in [-0.39, 0.29) is 11.8 Å². The summed E-state index contributed by atoms with van der Waals surface area (Å²) < 4.78 is 0. The number of rotatable bonds is 2.